The molecule has 0 saturated heterocycles. The van der Waals surface area contributed by atoms with Gasteiger partial charge in [0.25, 0.3) is 0 Å². The van der Waals surface area contributed by atoms with Crippen LogP contribution in [0.5, 0.6) is 5.75 Å². The standard InChI is InChI=1S/C31H40N2O3/c1-8-32(9-2)24-12-14-26(20(5)17-24)29(23-16-22(7)30(34)28(19-23)31(35)36)27-15-13-25(18-21(27)6)33(10-3)11-4/h12-19,29,34H,8-11H2,1-7H3,(H,35,36). The minimum absolute atomic E-state index is 0.0650. The first-order valence-corrected chi connectivity index (χ1v) is 12.9. The summed E-state index contributed by atoms with van der Waals surface area (Å²) in [6.07, 6.45) is 0. The van der Waals surface area contributed by atoms with Gasteiger partial charge in [-0.05, 0) is 112 Å². The molecule has 0 aliphatic heterocycles. The third-order valence-corrected chi connectivity index (χ3v) is 7.27. The SMILES string of the molecule is CCN(CC)c1ccc(C(c2cc(C)c(O)c(C(=O)O)c2)c2ccc(N(CC)CC)cc2C)c(C)c1. The number of anilines is 2. The number of hydrogen-bond acceptors (Lipinski definition) is 4. The molecule has 0 bridgehead atoms. The molecule has 36 heavy (non-hydrogen) atoms. The quantitative estimate of drug-likeness (QED) is 0.304. The van der Waals surface area contributed by atoms with Crippen LogP contribution in [0.3, 0.4) is 0 Å². The van der Waals surface area contributed by atoms with Crippen molar-refractivity contribution in [3.63, 3.8) is 0 Å². The molecule has 3 aromatic rings. The minimum atomic E-state index is -1.13. The van der Waals surface area contributed by atoms with Crippen molar-refractivity contribution in [3.05, 3.63) is 87.5 Å². The molecule has 0 heterocycles. The number of aromatic hydroxyl groups is 1. The van der Waals surface area contributed by atoms with Crippen molar-refractivity contribution in [2.24, 2.45) is 0 Å². The summed E-state index contributed by atoms with van der Waals surface area (Å²) in [5.41, 5.74) is 8.29. The molecule has 2 N–H and O–H groups in total. The smallest absolute Gasteiger partial charge is 0.339 e. The fraction of sp³-hybridized carbons (Fsp3) is 0.387. The van der Waals surface area contributed by atoms with E-state index in [1.54, 1.807) is 13.0 Å². The van der Waals surface area contributed by atoms with Gasteiger partial charge in [-0.25, -0.2) is 4.79 Å². The Morgan fingerprint density at radius 2 is 1.17 bits per heavy atom. The second-order valence-electron chi connectivity index (χ2n) is 9.40. The summed E-state index contributed by atoms with van der Waals surface area (Å²) in [6.45, 7) is 18.4. The van der Waals surface area contributed by atoms with Crippen molar-refractivity contribution in [1.29, 1.82) is 0 Å². The average Bonchev–Trinajstić information content (AvgIpc) is 2.85. The highest BCUT2D eigenvalue weighted by atomic mass is 16.4. The monoisotopic (exact) mass is 488 g/mol. The lowest BCUT2D eigenvalue weighted by molar-refractivity contribution is 0.0693. The summed E-state index contributed by atoms with van der Waals surface area (Å²) in [4.78, 5) is 16.6. The van der Waals surface area contributed by atoms with Crippen LogP contribution in [0, 0.1) is 20.8 Å². The molecule has 5 heteroatoms. The number of aromatic carboxylic acids is 1. The molecule has 0 radical (unpaired) electrons. The first-order chi connectivity index (χ1) is 17.2. The number of aryl methyl sites for hydroxylation is 3. The second-order valence-corrected chi connectivity index (χ2v) is 9.40. The number of carbonyl (C=O) groups is 1. The molecule has 3 aromatic carbocycles. The summed E-state index contributed by atoms with van der Waals surface area (Å²) in [5.74, 6) is -1.47. The van der Waals surface area contributed by atoms with Gasteiger partial charge < -0.3 is 20.0 Å². The first kappa shape index (κ1) is 27.1. The molecule has 0 aliphatic carbocycles. The molecule has 0 atom stereocenters. The van der Waals surface area contributed by atoms with Gasteiger partial charge in [0, 0.05) is 43.5 Å². The van der Waals surface area contributed by atoms with E-state index in [0.717, 1.165) is 54.0 Å². The van der Waals surface area contributed by atoms with E-state index in [9.17, 15) is 15.0 Å². The van der Waals surface area contributed by atoms with Crippen LogP contribution >= 0.6 is 0 Å². The number of phenols is 1. The lowest BCUT2D eigenvalue weighted by atomic mass is 9.80. The van der Waals surface area contributed by atoms with Crippen molar-refractivity contribution in [1.82, 2.24) is 0 Å². The van der Waals surface area contributed by atoms with Gasteiger partial charge in [-0.15, -0.1) is 0 Å². The van der Waals surface area contributed by atoms with E-state index < -0.39 is 5.97 Å². The minimum Gasteiger partial charge on any atom is -0.507 e. The Hall–Kier alpha value is -3.47. The van der Waals surface area contributed by atoms with Crippen LogP contribution in [0.4, 0.5) is 11.4 Å². The zero-order valence-electron chi connectivity index (χ0n) is 22.7. The maximum Gasteiger partial charge on any atom is 0.339 e. The van der Waals surface area contributed by atoms with Gasteiger partial charge in [0.1, 0.15) is 11.3 Å². The van der Waals surface area contributed by atoms with E-state index in [4.69, 9.17) is 0 Å². The lowest BCUT2D eigenvalue weighted by Crippen LogP contribution is -2.22. The first-order valence-electron chi connectivity index (χ1n) is 12.9. The zero-order valence-corrected chi connectivity index (χ0v) is 22.7. The maximum atomic E-state index is 12.0. The molecule has 0 fully saturated rings. The summed E-state index contributed by atoms with van der Waals surface area (Å²) in [6, 6.07) is 16.7. The van der Waals surface area contributed by atoms with E-state index >= 15 is 0 Å². The van der Waals surface area contributed by atoms with Crippen molar-refractivity contribution in [3.8, 4) is 5.75 Å². The summed E-state index contributed by atoms with van der Waals surface area (Å²) < 4.78 is 0. The predicted octanol–water partition coefficient (Wildman–Crippen LogP) is 6.89. The maximum absolute atomic E-state index is 12.0. The van der Waals surface area contributed by atoms with Crippen LogP contribution < -0.4 is 9.80 Å². The Morgan fingerprint density at radius 1 is 0.722 bits per heavy atom. The van der Waals surface area contributed by atoms with Crippen LogP contribution in [0.15, 0.2) is 48.5 Å². The Kier molecular flexibility index (Phi) is 8.67. The molecule has 0 aromatic heterocycles. The van der Waals surface area contributed by atoms with Crippen molar-refractivity contribution in [2.75, 3.05) is 36.0 Å². The largest absolute Gasteiger partial charge is 0.507 e. The van der Waals surface area contributed by atoms with Gasteiger partial charge in [-0.3, -0.25) is 0 Å². The van der Waals surface area contributed by atoms with Gasteiger partial charge >= 0.3 is 5.97 Å². The molecule has 0 saturated carbocycles. The van der Waals surface area contributed by atoms with Crippen LogP contribution in [-0.4, -0.2) is 42.4 Å². The highest BCUT2D eigenvalue weighted by Crippen LogP contribution is 2.40. The fourth-order valence-electron chi connectivity index (χ4n) is 5.20. The van der Waals surface area contributed by atoms with E-state index in [0.29, 0.717) is 5.56 Å². The van der Waals surface area contributed by atoms with Crippen LogP contribution in [0.2, 0.25) is 0 Å². The third kappa shape index (κ3) is 5.35. The molecule has 0 spiro atoms. The third-order valence-electron chi connectivity index (χ3n) is 7.27. The van der Waals surface area contributed by atoms with E-state index in [2.05, 4.69) is 87.7 Å². The molecule has 0 amide bonds. The van der Waals surface area contributed by atoms with E-state index in [-0.39, 0.29) is 17.2 Å². The molecule has 0 aliphatic rings. The van der Waals surface area contributed by atoms with Crippen LogP contribution in [-0.2, 0) is 0 Å². The summed E-state index contributed by atoms with van der Waals surface area (Å²) in [7, 11) is 0. The number of carboxylic acids is 1. The highest BCUT2D eigenvalue weighted by molar-refractivity contribution is 5.91. The molecule has 0 unspecified atom stereocenters. The van der Waals surface area contributed by atoms with E-state index in [1.807, 2.05) is 6.07 Å². The number of hydrogen-bond donors (Lipinski definition) is 2. The average molecular weight is 489 g/mol. The molecule has 5 nitrogen and oxygen atoms in total. The Balaban J connectivity index is 2.26. The van der Waals surface area contributed by atoms with Crippen molar-refractivity contribution < 1.29 is 15.0 Å². The lowest BCUT2D eigenvalue weighted by Gasteiger charge is -2.28. The molecule has 192 valence electrons. The van der Waals surface area contributed by atoms with Gasteiger partial charge in [0.05, 0.1) is 0 Å². The normalized spacial score (nSPS) is 11.1. The molecular formula is C31H40N2O3. The summed E-state index contributed by atoms with van der Waals surface area (Å²) >= 11 is 0. The number of rotatable bonds is 10. The van der Waals surface area contributed by atoms with Crippen molar-refractivity contribution >= 4 is 17.3 Å². The Morgan fingerprint density at radius 3 is 1.53 bits per heavy atom. The Bertz CT molecular complexity index is 1170. The predicted molar refractivity (Wildman–Crippen MR) is 150 cm³/mol. The Labute approximate surface area is 216 Å². The van der Waals surface area contributed by atoms with Gasteiger partial charge in [0.15, 0.2) is 0 Å². The number of benzene rings is 3. The van der Waals surface area contributed by atoms with Crippen molar-refractivity contribution in [2.45, 2.75) is 54.4 Å². The molecule has 3 rings (SSSR count). The second kappa shape index (κ2) is 11.5. The van der Waals surface area contributed by atoms with E-state index in [1.165, 1.54) is 11.4 Å². The van der Waals surface area contributed by atoms with Crippen LogP contribution in [0.1, 0.15) is 77.4 Å². The van der Waals surface area contributed by atoms with Gasteiger partial charge in [0.2, 0.25) is 0 Å². The molecular weight excluding hydrogens is 448 g/mol. The number of carboxylic acid groups (broad SMARTS) is 1. The summed E-state index contributed by atoms with van der Waals surface area (Å²) in [5, 5.41) is 20.2. The highest BCUT2D eigenvalue weighted by Gasteiger charge is 2.25. The van der Waals surface area contributed by atoms with Gasteiger partial charge in [-0.2, -0.15) is 0 Å². The van der Waals surface area contributed by atoms with Gasteiger partial charge in [-0.1, -0.05) is 18.2 Å². The van der Waals surface area contributed by atoms with Crippen LogP contribution in [0.25, 0.3) is 0 Å². The topological polar surface area (TPSA) is 64.0 Å². The number of nitrogens with zero attached hydrogens (tertiary/aromatic N) is 2. The fourth-order valence-corrected chi connectivity index (χ4v) is 5.20. The zero-order chi connectivity index (χ0) is 26.6.